The second-order valence-electron chi connectivity index (χ2n) is 5.00. The lowest BCUT2D eigenvalue weighted by Crippen LogP contribution is -2.25. The number of carbonyl (C=O) groups excluding carboxylic acids is 1. The van der Waals surface area contributed by atoms with Crippen molar-refractivity contribution in [3.8, 4) is 17.2 Å². The minimum atomic E-state index is -0.161. The van der Waals surface area contributed by atoms with Crippen LogP contribution in [0.1, 0.15) is 6.42 Å². The summed E-state index contributed by atoms with van der Waals surface area (Å²) in [5.74, 6) is 1.96. The van der Waals surface area contributed by atoms with Gasteiger partial charge in [-0.05, 0) is 36.4 Å². The van der Waals surface area contributed by atoms with Crippen LogP contribution in [0.3, 0.4) is 0 Å². The fourth-order valence-electron chi connectivity index (χ4n) is 2.12. The number of ether oxygens (including phenoxy) is 3. The third-order valence-electron chi connectivity index (χ3n) is 3.22. The third-order valence-corrected chi connectivity index (χ3v) is 3.48. The first-order valence-electron chi connectivity index (χ1n) is 7.28. The number of halogens is 1. The van der Waals surface area contributed by atoms with Crippen molar-refractivity contribution >= 4 is 23.2 Å². The average molecular weight is 334 g/mol. The molecule has 3 rings (SSSR count). The van der Waals surface area contributed by atoms with E-state index in [1.807, 2.05) is 18.2 Å². The molecule has 0 spiro atoms. The van der Waals surface area contributed by atoms with Crippen molar-refractivity contribution in [3.63, 3.8) is 0 Å². The van der Waals surface area contributed by atoms with Crippen molar-refractivity contribution in [2.45, 2.75) is 6.42 Å². The third kappa shape index (κ3) is 4.29. The Labute approximate surface area is 139 Å². The van der Waals surface area contributed by atoms with Crippen LogP contribution in [0.4, 0.5) is 5.69 Å². The van der Waals surface area contributed by atoms with Crippen LogP contribution in [0.25, 0.3) is 0 Å². The van der Waals surface area contributed by atoms with Gasteiger partial charge in [0.1, 0.15) is 17.2 Å². The lowest BCUT2D eigenvalue weighted by molar-refractivity contribution is -0.118. The second kappa shape index (κ2) is 7.24. The molecule has 0 radical (unpaired) electrons. The van der Waals surface area contributed by atoms with Gasteiger partial charge in [-0.3, -0.25) is 4.79 Å². The van der Waals surface area contributed by atoms with Crippen LogP contribution < -0.4 is 19.5 Å². The van der Waals surface area contributed by atoms with Crippen molar-refractivity contribution in [1.29, 1.82) is 0 Å². The Kier molecular flexibility index (Phi) is 4.88. The number of anilines is 1. The maximum atomic E-state index is 11.3. The fourth-order valence-corrected chi connectivity index (χ4v) is 2.25. The molecular formula is C17H16ClNO4. The zero-order chi connectivity index (χ0) is 16.1. The van der Waals surface area contributed by atoms with Gasteiger partial charge in [0.15, 0.2) is 6.61 Å². The SMILES string of the molecule is O=C1COc2ccc(OCCCOc3ccc(Cl)cc3)cc2N1. The van der Waals surface area contributed by atoms with Crippen molar-refractivity contribution < 1.29 is 19.0 Å². The summed E-state index contributed by atoms with van der Waals surface area (Å²) >= 11 is 5.81. The van der Waals surface area contributed by atoms with E-state index < -0.39 is 0 Å². The van der Waals surface area contributed by atoms with Gasteiger partial charge in [-0.15, -0.1) is 0 Å². The first-order valence-corrected chi connectivity index (χ1v) is 7.66. The highest BCUT2D eigenvalue weighted by Gasteiger charge is 2.16. The fraction of sp³-hybridized carbons (Fsp3) is 0.235. The molecule has 2 aromatic rings. The summed E-state index contributed by atoms with van der Waals surface area (Å²) in [7, 11) is 0. The number of nitrogens with one attached hydrogen (secondary N) is 1. The maximum Gasteiger partial charge on any atom is 0.262 e. The minimum absolute atomic E-state index is 0.0508. The van der Waals surface area contributed by atoms with Gasteiger partial charge < -0.3 is 19.5 Å². The smallest absolute Gasteiger partial charge is 0.262 e. The largest absolute Gasteiger partial charge is 0.493 e. The molecule has 23 heavy (non-hydrogen) atoms. The van der Waals surface area contributed by atoms with E-state index in [1.54, 1.807) is 24.3 Å². The van der Waals surface area contributed by atoms with Crippen molar-refractivity contribution in [2.75, 3.05) is 25.1 Å². The van der Waals surface area contributed by atoms with Crippen LogP contribution in [0.5, 0.6) is 17.2 Å². The Morgan fingerprint density at radius 3 is 2.52 bits per heavy atom. The van der Waals surface area contributed by atoms with Crippen molar-refractivity contribution in [3.05, 3.63) is 47.5 Å². The summed E-state index contributed by atoms with van der Waals surface area (Å²) in [6.07, 6.45) is 0.739. The highest BCUT2D eigenvalue weighted by atomic mass is 35.5. The number of carbonyl (C=O) groups is 1. The summed E-state index contributed by atoms with van der Waals surface area (Å²) in [5, 5.41) is 3.43. The molecule has 0 bridgehead atoms. The highest BCUT2D eigenvalue weighted by Crippen LogP contribution is 2.31. The van der Waals surface area contributed by atoms with Crippen LogP contribution in [0, 0.1) is 0 Å². The number of fused-ring (bicyclic) bond motifs is 1. The van der Waals surface area contributed by atoms with E-state index in [0.29, 0.717) is 35.4 Å². The van der Waals surface area contributed by atoms with E-state index in [2.05, 4.69) is 5.32 Å². The average Bonchev–Trinajstić information content (AvgIpc) is 2.56. The minimum Gasteiger partial charge on any atom is -0.493 e. The molecule has 120 valence electrons. The molecule has 5 nitrogen and oxygen atoms in total. The van der Waals surface area contributed by atoms with E-state index in [1.165, 1.54) is 0 Å². The Morgan fingerprint density at radius 1 is 1.04 bits per heavy atom. The second-order valence-corrected chi connectivity index (χ2v) is 5.44. The number of rotatable bonds is 6. The van der Waals surface area contributed by atoms with Gasteiger partial charge in [0.05, 0.1) is 18.9 Å². The molecule has 6 heteroatoms. The highest BCUT2D eigenvalue weighted by molar-refractivity contribution is 6.30. The Balaban J connectivity index is 1.43. The molecule has 1 amide bonds. The van der Waals surface area contributed by atoms with Crippen LogP contribution in [0.2, 0.25) is 5.02 Å². The molecule has 0 unspecified atom stereocenters. The van der Waals surface area contributed by atoms with Crippen LogP contribution in [-0.2, 0) is 4.79 Å². The summed E-state index contributed by atoms with van der Waals surface area (Å²) in [6.45, 7) is 1.11. The monoisotopic (exact) mass is 333 g/mol. The van der Waals surface area contributed by atoms with Gasteiger partial charge >= 0.3 is 0 Å². The van der Waals surface area contributed by atoms with E-state index in [-0.39, 0.29) is 12.5 Å². The molecule has 0 atom stereocenters. The number of amides is 1. The Hall–Kier alpha value is -2.40. The van der Waals surface area contributed by atoms with Gasteiger partial charge in [0.2, 0.25) is 0 Å². The summed E-state index contributed by atoms with van der Waals surface area (Å²) < 4.78 is 16.5. The van der Waals surface area contributed by atoms with Gasteiger partial charge in [-0.1, -0.05) is 11.6 Å². The maximum absolute atomic E-state index is 11.3. The zero-order valence-electron chi connectivity index (χ0n) is 12.4. The molecule has 0 fully saturated rings. The number of hydrogen-bond acceptors (Lipinski definition) is 4. The quantitative estimate of drug-likeness (QED) is 0.822. The van der Waals surface area contributed by atoms with E-state index in [9.17, 15) is 4.79 Å². The Morgan fingerprint density at radius 2 is 1.74 bits per heavy atom. The predicted molar refractivity (Wildman–Crippen MR) is 87.6 cm³/mol. The Bertz CT molecular complexity index is 687. The van der Waals surface area contributed by atoms with Gasteiger partial charge in [-0.25, -0.2) is 0 Å². The zero-order valence-corrected chi connectivity index (χ0v) is 13.1. The van der Waals surface area contributed by atoms with Crippen molar-refractivity contribution in [1.82, 2.24) is 0 Å². The standard InChI is InChI=1S/C17H16ClNO4/c18-12-2-4-13(5-3-12)21-8-1-9-22-14-6-7-16-15(10-14)19-17(20)11-23-16/h2-7,10H,1,8-9,11H2,(H,19,20). The van der Waals surface area contributed by atoms with Gasteiger partial charge in [0, 0.05) is 17.5 Å². The molecule has 1 N–H and O–H groups in total. The molecule has 0 saturated carbocycles. The van der Waals surface area contributed by atoms with E-state index in [4.69, 9.17) is 25.8 Å². The molecule has 0 aliphatic carbocycles. The molecule has 0 saturated heterocycles. The summed E-state index contributed by atoms with van der Waals surface area (Å²) in [6, 6.07) is 12.6. The summed E-state index contributed by atoms with van der Waals surface area (Å²) in [4.78, 5) is 11.3. The predicted octanol–water partition coefficient (Wildman–Crippen LogP) is 3.52. The van der Waals surface area contributed by atoms with Gasteiger partial charge in [0.25, 0.3) is 5.91 Å². The molecule has 2 aromatic carbocycles. The van der Waals surface area contributed by atoms with Crippen LogP contribution in [-0.4, -0.2) is 25.7 Å². The molecule has 1 heterocycles. The normalized spacial score (nSPS) is 12.8. The van der Waals surface area contributed by atoms with Crippen LogP contribution >= 0.6 is 11.6 Å². The lowest BCUT2D eigenvalue weighted by Gasteiger charge is -2.18. The first-order chi connectivity index (χ1) is 11.2. The first kappa shape index (κ1) is 15.5. The molecule has 0 aromatic heterocycles. The topological polar surface area (TPSA) is 56.8 Å². The number of benzene rings is 2. The molecule has 1 aliphatic rings. The summed E-state index contributed by atoms with van der Waals surface area (Å²) in [5.41, 5.74) is 0.635. The molecular weight excluding hydrogens is 318 g/mol. The lowest BCUT2D eigenvalue weighted by atomic mass is 10.2. The number of hydrogen-bond donors (Lipinski definition) is 1. The van der Waals surface area contributed by atoms with Crippen molar-refractivity contribution in [2.24, 2.45) is 0 Å². The van der Waals surface area contributed by atoms with E-state index >= 15 is 0 Å². The van der Waals surface area contributed by atoms with Crippen LogP contribution in [0.15, 0.2) is 42.5 Å². The van der Waals surface area contributed by atoms with E-state index in [0.717, 1.165) is 12.2 Å². The molecule has 1 aliphatic heterocycles. The van der Waals surface area contributed by atoms with Gasteiger partial charge in [-0.2, -0.15) is 0 Å².